The molecule has 0 atom stereocenters. The highest BCUT2D eigenvalue weighted by Gasteiger charge is 2.33. The predicted molar refractivity (Wildman–Crippen MR) is 81.9 cm³/mol. The number of amides is 1. The van der Waals surface area contributed by atoms with Crippen LogP contribution in [0.4, 0.5) is 5.69 Å². The SMILES string of the molecule is Nc1ccc(CN(C(=O)c2ccccc2O)C2CC2)cc1. The van der Waals surface area contributed by atoms with Gasteiger partial charge in [0.25, 0.3) is 5.91 Å². The Morgan fingerprint density at radius 2 is 1.81 bits per heavy atom. The number of nitrogens with zero attached hydrogens (tertiary/aromatic N) is 1. The van der Waals surface area contributed by atoms with E-state index in [1.165, 1.54) is 0 Å². The highest BCUT2D eigenvalue weighted by molar-refractivity contribution is 5.97. The molecule has 0 radical (unpaired) electrons. The molecule has 1 amide bonds. The number of aromatic hydroxyl groups is 1. The summed E-state index contributed by atoms with van der Waals surface area (Å²) < 4.78 is 0. The van der Waals surface area contributed by atoms with Crippen LogP contribution in [-0.4, -0.2) is 22.0 Å². The van der Waals surface area contributed by atoms with Gasteiger partial charge in [-0.3, -0.25) is 4.79 Å². The molecule has 0 heterocycles. The molecule has 4 heteroatoms. The Labute approximate surface area is 123 Å². The van der Waals surface area contributed by atoms with Gasteiger partial charge in [-0.05, 0) is 42.7 Å². The van der Waals surface area contributed by atoms with E-state index >= 15 is 0 Å². The lowest BCUT2D eigenvalue weighted by Gasteiger charge is -2.23. The predicted octanol–water partition coefficient (Wildman–Crippen LogP) is 2.78. The smallest absolute Gasteiger partial charge is 0.258 e. The molecule has 0 unspecified atom stereocenters. The molecule has 3 rings (SSSR count). The number of phenols is 1. The molecular weight excluding hydrogens is 264 g/mol. The maximum absolute atomic E-state index is 12.7. The summed E-state index contributed by atoms with van der Waals surface area (Å²) in [5.74, 6) is -0.0853. The molecule has 0 bridgehead atoms. The first-order chi connectivity index (χ1) is 10.1. The Hall–Kier alpha value is -2.49. The number of rotatable bonds is 4. The average Bonchev–Trinajstić information content (AvgIpc) is 3.31. The van der Waals surface area contributed by atoms with Gasteiger partial charge in [-0.1, -0.05) is 24.3 Å². The Balaban J connectivity index is 1.83. The highest BCUT2D eigenvalue weighted by Crippen LogP contribution is 2.31. The van der Waals surface area contributed by atoms with Gasteiger partial charge in [-0.25, -0.2) is 0 Å². The number of anilines is 1. The molecule has 2 aromatic carbocycles. The third kappa shape index (κ3) is 2.99. The molecular formula is C17H18N2O2. The molecule has 4 nitrogen and oxygen atoms in total. The van der Waals surface area contributed by atoms with E-state index in [0.717, 1.165) is 18.4 Å². The van der Waals surface area contributed by atoms with Crippen molar-refractivity contribution in [3.63, 3.8) is 0 Å². The largest absolute Gasteiger partial charge is 0.507 e. The summed E-state index contributed by atoms with van der Waals surface area (Å²) in [4.78, 5) is 14.5. The number of nitrogen functional groups attached to an aromatic ring is 1. The molecule has 0 saturated heterocycles. The van der Waals surface area contributed by atoms with E-state index in [1.807, 2.05) is 29.2 Å². The summed E-state index contributed by atoms with van der Waals surface area (Å²) >= 11 is 0. The van der Waals surface area contributed by atoms with Gasteiger partial charge in [-0.2, -0.15) is 0 Å². The number of hydrogen-bond acceptors (Lipinski definition) is 3. The van der Waals surface area contributed by atoms with Crippen molar-refractivity contribution < 1.29 is 9.90 Å². The molecule has 0 spiro atoms. The van der Waals surface area contributed by atoms with Gasteiger partial charge in [0.1, 0.15) is 5.75 Å². The van der Waals surface area contributed by atoms with Gasteiger partial charge in [0, 0.05) is 18.3 Å². The van der Waals surface area contributed by atoms with Crippen molar-refractivity contribution in [1.82, 2.24) is 4.90 Å². The Morgan fingerprint density at radius 1 is 1.14 bits per heavy atom. The Bertz CT molecular complexity index is 648. The second-order valence-corrected chi connectivity index (χ2v) is 5.42. The summed E-state index contributed by atoms with van der Waals surface area (Å²) in [6.45, 7) is 0.540. The second kappa shape index (κ2) is 5.48. The standard InChI is InChI=1S/C17H18N2O2/c18-13-7-5-12(6-8-13)11-19(14-9-10-14)17(21)15-3-1-2-4-16(15)20/h1-8,14,20H,9-11,18H2. The molecule has 3 N–H and O–H groups in total. The summed E-state index contributed by atoms with van der Waals surface area (Å²) in [6.07, 6.45) is 2.04. The van der Waals surface area contributed by atoms with Crippen LogP contribution in [0, 0.1) is 0 Å². The quantitative estimate of drug-likeness (QED) is 0.847. The van der Waals surface area contributed by atoms with E-state index in [0.29, 0.717) is 17.8 Å². The lowest BCUT2D eigenvalue weighted by molar-refractivity contribution is 0.0727. The maximum Gasteiger partial charge on any atom is 0.258 e. The molecule has 1 aliphatic rings. The highest BCUT2D eigenvalue weighted by atomic mass is 16.3. The summed E-state index contributed by atoms with van der Waals surface area (Å²) in [5.41, 5.74) is 7.80. The lowest BCUT2D eigenvalue weighted by atomic mass is 10.1. The number of carbonyl (C=O) groups excluding carboxylic acids is 1. The van der Waals surface area contributed by atoms with E-state index in [-0.39, 0.29) is 17.7 Å². The minimum atomic E-state index is -0.118. The average molecular weight is 282 g/mol. The van der Waals surface area contributed by atoms with Gasteiger partial charge in [0.2, 0.25) is 0 Å². The Morgan fingerprint density at radius 3 is 2.43 bits per heavy atom. The fourth-order valence-electron chi connectivity index (χ4n) is 2.38. The lowest BCUT2D eigenvalue weighted by Crippen LogP contribution is -2.32. The minimum Gasteiger partial charge on any atom is -0.507 e. The second-order valence-electron chi connectivity index (χ2n) is 5.42. The monoisotopic (exact) mass is 282 g/mol. The van der Waals surface area contributed by atoms with Crippen molar-refractivity contribution in [2.75, 3.05) is 5.73 Å². The van der Waals surface area contributed by atoms with Crippen LogP contribution in [0.2, 0.25) is 0 Å². The molecule has 0 aliphatic heterocycles. The van der Waals surface area contributed by atoms with Crippen LogP contribution >= 0.6 is 0 Å². The van der Waals surface area contributed by atoms with E-state index in [4.69, 9.17) is 5.73 Å². The third-order valence-corrected chi connectivity index (χ3v) is 3.72. The van der Waals surface area contributed by atoms with Crippen molar-refractivity contribution in [3.05, 3.63) is 59.7 Å². The van der Waals surface area contributed by atoms with Crippen LogP contribution in [0.25, 0.3) is 0 Å². The van der Waals surface area contributed by atoms with Gasteiger partial charge < -0.3 is 15.7 Å². The van der Waals surface area contributed by atoms with Crippen molar-refractivity contribution in [3.8, 4) is 5.75 Å². The van der Waals surface area contributed by atoms with E-state index in [1.54, 1.807) is 24.3 Å². The van der Waals surface area contributed by atoms with Crippen LogP contribution in [0.15, 0.2) is 48.5 Å². The molecule has 2 aromatic rings. The zero-order chi connectivity index (χ0) is 14.8. The molecule has 1 saturated carbocycles. The minimum absolute atomic E-state index is 0.0328. The van der Waals surface area contributed by atoms with E-state index in [2.05, 4.69) is 0 Å². The number of carbonyl (C=O) groups is 1. The van der Waals surface area contributed by atoms with Crippen LogP contribution in [0.5, 0.6) is 5.75 Å². The van der Waals surface area contributed by atoms with Gasteiger partial charge in [0.05, 0.1) is 5.56 Å². The van der Waals surface area contributed by atoms with Crippen LogP contribution in [0.1, 0.15) is 28.8 Å². The summed E-state index contributed by atoms with van der Waals surface area (Å²) in [5, 5.41) is 9.87. The zero-order valence-electron chi connectivity index (χ0n) is 11.7. The Kier molecular flexibility index (Phi) is 3.52. The summed E-state index contributed by atoms with van der Waals surface area (Å²) in [6, 6.07) is 14.5. The number of phenolic OH excluding ortho intramolecular Hbond substituents is 1. The van der Waals surface area contributed by atoms with E-state index < -0.39 is 0 Å². The van der Waals surface area contributed by atoms with Gasteiger partial charge >= 0.3 is 0 Å². The normalized spacial score (nSPS) is 13.9. The van der Waals surface area contributed by atoms with Crippen molar-refractivity contribution >= 4 is 11.6 Å². The van der Waals surface area contributed by atoms with Crippen molar-refractivity contribution in [2.24, 2.45) is 0 Å². The van der Waals surface area contributed by atoms with Gasteiger partial charge in [-0.15, -0.1) is 0 Å². The number of benzene rings is 2. The number of para-hydroxylation sites is 1. The maximum atomic E-state index is 12.7. The fourth-order valence-corrected chi connectivity index (χ4v) is 2.38. The first-order valence-electron chi connectivity index (χ1n) is 7.08. The first kappa shape index (κ1) is 13.5. The number of nitrogens with two attached hydrogens (primary N) is 1. The molecule has 1 fully saturated rings. The topological polar surface area (TPSA) is 66.6 Å². The van der Waals surface area contributed by atoms with E-state index in [9.17, 15) is 9.90 Å². The van der Waals surface area contributed by atoms with Crippen LogP contribution in [-0.2, 0) is 6.54 Å². The fraction of sp³-hybridized carbons (Fsp3) is 0.235. The van der Waals surface area contributed by atoms with Crippen molar-refractivity contribution in [2.45, 2.75) is 25.4 Å². The van der Waals surface area contributed by atoms with Crippen molar-refractivity contribution in [1.29, 1.82) is 0 Å². The number of hydrogen-bond donors (Lipinski definition) is 2. The summed E-state index contributed by atoms with van der Waals surface area (Å²) in [7, 11) is 0. The van der Waals surface area contributed by atoms with Gasteiger partial charge in [0.15, 0.2) is 0 Å². The van der Waals surface area contributed by atoms with Crippen LogP contribution < -0.4 is 5.73 Å². The first-order valence-corrected chi connectivity index (χ1v) is 7.08. The zero-order valence-corrected chi connectivity index (χ0v) is 11.7. The van der Waals surface area contributed by atoms with Crippen LogP contribution in [0.3, 0.4) is 0 Å². The molecule has 0 aromatic heterocycles. The molecule has 1 aliphatic carbocycles. The molecule has 21 heavy (non-hydrogen) atoms. The third-order valence-electron chi connectivity index (χ3n) is 3.72. The molecule has 108 valence electrons.